The SMILES string of the molecule is COc1ccc(C(C)C)cc1C(C)CN=C=O. The molecule has 0 radical (unpaired) electrons. The van der Waals surface area contributed by atoms with E-state index in [1.807, 2.05) is 13.0 Å². The molecule has 0 aliphatic rings. The van der Waals surface area contributed by atoms with Crippen molar-refractivity contribution in [2.45, 2.75) is 32.6 Å². The van der Waals surface area contributed by atoms with Crippen LogP contribution in [0.4, 0.5) is 0 Å². The third kappa shape index (κ3) is 3.43. The number of hydrogen-bond acceptors (Lipinski definition) is 3. The number of ether oxygens (including phenoxy) is 1. The fourth-order valence-electron chi connectivity index (χ4n) is 1.77. The Kier molecular flexibility index (Phi) is 4.92. The molecule has 0 bridgehead atoms. The normalized spacial score (nSPS) is 12.1. The van der Waals surface area contributed by atoms with Crippen molar-refractivity contribution in [3.8, 4) is 5.75 Å². The molecule has 92 valence electrons. The van der Waals surface area contributed by atoms with Gasteiger partial charge in [0.1, 0.15) is 5.75 Å². The van der Waals surface area contributed by atoms with Crippen molar-refractivity contribution in [1.29, 1.82) is 0 Å². The molecule has 0 aliphatic carbocycles. The first kappa shape index (κ1) is 13.5. The van der Waals surface area contributed by atoms with Crippen LogP contribution in [0.3, 0.4) is 0 Å². The molecule has 0 saturated heterocycles. The maximum Gasteiger partial charge on any atom is 0.234 e. The Morgan fingerprint density at radius 3 is 2.59 bits per heavy atom. The van der Waals surface area contributed by atoms with Gasteiger partial charge in [-0.15, -0.1) is 0 Å². The second-order valence-corrected chi connectivity index (χ2v) is 4.49. The minimum absolute atomic E-state index is 0.157. The van der Waals surface area contributed by atoms with Gasteiger partial charge in [0.15, 0.2) is 0 Å². The molecular formula is C14H19NO2. The van der Waals surface area contributed by atoms with Gasteiger partial charge in [0.05, 0.1) is 13.7 Å². The van der Waals surface area contributed by atoms with Gasteiger partial charge >= 0.3 is 0 Å². The van der Waals surface area contributed by atoms with E-state index in [1.165, 1.54) is 5.56 Å². The van der Waals surface area contributed by atoms with Crippen LogP contribution in [-0.2, 0) is 4.79 Å². The number of methoxy groups -OCH3 is 1. The van der Waals surface area contributed by atoms with E-state index in [2.05, 4.69) is 31.0 Å². The van der Waals surface area contributed by atoms with Gasteiger partial charge in [0.25, 0.3) is 0 Å². The Morgan fingerprint density at radius 1 is 1.35 bits per heavy atom. The molecule has 1 atom stereocenters. The van der Waals surface area contributed by atoms with Crippen molar-refractivity contribution >= 4 is 6.08 Å². The van der Waals surface area contributed by atoms with Crippen molar-refractivity contribution in [1.82, 2.24) is 0 Å². The summed E-state index contributed by atoms with van der Waals surface area (Å²) in [6.45, 7) is 6.78. The van der Waals surface area contributed by atoms with E-state index in [1.54, 1.807) is 13.2 Å². The number of benzene rings is 1. The highest BCUT2D eigenvalue weighted by molar-refractivity contribution is 5.41. The van der Waals surface area contributed by atoms with Gasteiger partial charge in [0, 0.05) is 5.92 Å². The van der Waals surface area contributed by atoms with Crippen LogP contribution < -0.4 is 4.74 Å². The third-order valence-corrected chi connectivity index (χ3v) is 2.88. The zero-order valence-corrected chi connectivity index (χ0v) is 10.9. The topological polar surface area (TPSA) is 38.7 Å². The molecule has 1 unspecified atom stereocenters. The molecule has 0 saturated carbocycles. The van der Waals surface area contributed by atoms with Gasteiger partial charge < -0.3 is 4.74 Å². The Bertz CT molecular complexity index is 420. The van der Waals surface area contributed by atoms with E-state index < -0.39 is 0 Å². The smallest absolute Gasteiger partial charge is 0.234 e. The number of carbonyl (C=O) groups excluding carboxylic acids is 1. The summed E-state index contributed by atoms with van der Waals surface area (Å²) < 4.78 is 5.34. The predicted molar refractivity (Wildman–Crippen MR) is 68.5 cm³/mol. The van der Waals surface area contributed by atoms with E-state index in [9.17, 15) is 4.79 Å². The number of rotatable bonds is 5. The molecule has 1 aromatic carbocycles. The molecule has 0 amide bonds. The van der Waals surface area contributed by atoms with Crippen LogP contribution in [-0.4, -0.2) is 19.7 Å². The van der Waals surface area contributed by atoms with Gasteiger partial charge in [0.2, 0.25) is 6.08 Å². The second kappa shape index (κ2) is 6.21. The van der Waals surface area contributed by atoms with Gasteiger partial charge in [-0.25, -0.2) is 9.79 Å². The lowest BCUT2D eigenvalue weighted by Crippen LogP contribution is -2.02. The highest BCUT2D eigenvalue weighted by Gasteiger charge is 2.13. The first-order valence-electron chi connectivity index (χ1n) is 5.81. The summed E-state index contributed by atoms with van der Waals surface area (Å²) in [5.41, 5.74) is 2.36. The summed E-state index contributed by atoms with van der Waals surface area (Å²) in [5.74, 6) is 1.48. The van der Waals surface area contributed by atoms with E-state index in [4.69, 9.17) is 4.74 Å². The number of aliphatic imine (C=N–C) groups is 1. The van der Waals surface area contributed by atoms with Gasteiger partial charge in [-0.05, 0) is 23.1 Å². The molecular weight excluding hydrogens is 214 g/mol. The Labute approximate surface area is 103 Å². The van der Waals surface area contributed by atoms with E-state index in [0.29, 0.717) is 12.5 Å². The van der Waals surface area contributed by atoms with Crippen LogP contribution in [0.2, 0.25) is 0 Å². The van der Waals surface area contributed by atoms with E-state index >= 15 is 0 Å². The largest absolute Gasteiger partial charge is 0.496 e. The summed E-state index contributed by atoms with van der Waals surface area (Å²) in [5, 5.41) is 0. The molecule has 0 spiro atoms. The lowest BCUT2D eigenvalue weighted by molar-refractivity contribution is 0.406. The molecule has 0 aromatic heterocycles. The van der Waals surface area contributed by atoms with Crippen molar-refractivity contribution in [3.05, 3.63) is 29.3 Å². The summed E-state index contributed by atoms with van der Waals surface area (Å²) in [6.07, 6.45) is 1.58. The molecule has 0 N–H and O–H groups in total. The van der Waals surface area contributed by atoms with Crippen molar-refractivity contribution in [3.63, 3.8) is 0 Å². The van der Waals surface area contributed by atoms with Crippen LogP contribution in [0.15, 0.2) is 23.2 Å². The minimum Gasteiger partial charge on any atom is -0.496 e. The minimum atomic E-state index is 0.157. The Hall–Kier alpha value is -1.60. The third-order valence-electron chi connectivity index (χ3n) is 2.88. The lowest BCUT2D eigenvalue weighted by Gasteiger charge is -2.16. The van der Waals surface area contributed by atoms with Crippen molar-refractivity contribution < 1.29 is 9.53 Å². The van der Waals surface area contributed by atoms with Gasteiger partial charge in [-0.3, -0.25) is 0 Å². The second-order valence-electron chi connectivity index (χ2n) is 4.49. The molecule has 0 fully saturated rings. The standard InChI is InChI=1S/C14H19NO2/c1-10(2)12-5-6-14(17-4)13(7-12)11(3)8-15-9-16/h5-7,10-11H,8H2,1-4H3. The van der Waals surface area contributed by atoms with Crippen LogP contribution >= 0.6 is 0 Å². The van der Waals surface area contributed by atoms with Crippen LogP contribution in [0.5, 0.6) is 5.75 Å². The Morgan fingerprint density at radius 2 is 2.06 bits per heavy atom. The van der Waals surface area contributed by atoms with Crippen molar-refractivity contribution in [2.75, 3.05) is 13.7 Å². The number of hydrogen-bond donors (Lipinski definition) is 0. The van der Waals surface area contributed by atoms with Gasteiger partial charge in [-0.1, -0.05) is 32.9 Å². The molecule has 0 heterocycles. The first-order valence-corrected chi connectivity index (χ1v) is 5.81. The van der Waals surface area contributed by atoms with Crippen molar-refractivity contribution in [2.24, 2.45) is 4.99 Å². The van der Waals surface area contributed by atoms with Crippen LogP contribution in [0.25, 0.3) is 0 Å². The Balaban J connectivity index is 3.08. The lowest BCUT2D eigenvalue weighted by atomic mass is 9.94. The fraction of sp³-hybridized carbons (Fsp3) is 0.500. The summed E-state index contributed by atoms with van der Waals surface area (Å²) >= 11 is 0. The average Bonchev–Trinajstić information content (AvgIpc) is 2.34. The maximum atomic E-state index is 10.1. The van der Waals surface area contributed by atoms with Crippen LogP contribution in [0, 0.1) is 0 Å². The van der Waals surface area contributed by atoms with Gasteiger partial charge in [-0.2, -0.15) is 0 Å². The number of nitrogens with zero attached hydrogens (tertiary/aromatic N) is 1. The fourth-order valence-corrected chi connectivity index (χ4v) is 1.77. The van der Waals surface area contributed by atoms with E-state index in [0.717, 1.165) is 11.3 Å². The quantitative estimate of drug-likeness (QED) is 0.578. The highest BCUT2D eigenvalue weighted by atomic mass is 16.5. The summed E-state index contributed by atoms with van der Waals surface area (Å²) in [4.78, 5) is 13.8. The predicted octanol–water partition coefficient (Wildman–Crippen LogP) is 3.26. The molecule has 17 heavy (non-hydrogen) atoms. The van der Waals surface area contributed by atoms with E-state index in [-0.39, 0.29) is 5.92 Å². The molecule has 3 nitrogen and oxygen atoms in total. The number of isocyanates is 1. The monoisotopic (exact) mass is 233 g/mol. The molecule has 0 aliphatic heterocycles. The summed E-state index contributed by atoms with van der Waals surface area (Å²) in [7, 11) is 1.66. The molecule has 3 heteroatoms. The van der Waals surface area contributed by atoms with Crippen LogP contribution in [0.1, 0.15) is 43.7 Å². The highest BCUT2D eigenvalue weighted by Crippen LogP contribution is 2.30. The molecule has 1 rings (SSSR count). The summed E-state index contributed by atoms with van der Waals surface area (Å²) in [6, 6.07) is 6.18. The zero-order chi connectivity index (χ0) is 12.8. The average molecular weight is 233 g/mol. The zero-order valence-electron chi connectivity index (χ0n) is 10.9. The maximum absolute atomic E-state index is 10.1. The first-order chi connectivity index (χ1) is 8.10. The molecule has 1 aromatic rings.